The standard InChI is InChI=1S/C16H18F3N3O2S2/c1-11-3-4-13(9-12(11)2)26(23,24)22-7-5-21(6-8-22)15-20-10-14(25-15)16(17,18)19/h3-4,9-10H,5-8H2,1-2H3. The molecule has 1 saturated heterocycles. The van der Waals surface area contributed by atoms with Gasteiger partial charge in [-0.1, -0.05) is 17.4 Å². The molecule has 0 radical (unpaired) electrons. The monoisotopic (exact) mass is 405 g/mol. The van der Waals surface area contributed by atoms with Crippen molar-refractivity contribution in [3.8, 4) is 0 Å². The van der Waals surface area contributed by atoms with E-state index < -0.39 is 21.1 Å². The van der Waals surface area contributed by atoms with Crippen LogP contribution in [0.2, 0.25) is 0 Å². The number of nitrogens with zero attached hydrogens (tertiary/aromatic N) is 3. The van der Waals surface area contributed by atoms with Crippen molar-refractivity contribution in [1.82, 2.24) is 9.29 Å². The number of aromatic nitrogens is 1. The zero-order valence-corrected chi connectivity index (χ0v) is 15.9. The van der Waals surface area contributed by atoms with E-state index in [2.05, 4.69) is 4.98 Å². The Bertz CT molecular complexity index is 902. The first kappa shape index (κ1) is 19.1. The van der Waals surface area contributed by atoms with Crippen LogP contribution in [-0.2, 0) is 16.2 Å². The maximum Gasteiger partial charge on any atom is 0.427 e. The van der Waals surface area contributed by atoms with Gasteiger partial charge < -0.3 is 4.90 Å². The maximum absolute atomic E-state index is 12.8. The molecule has 2 heterocycles. The molecule has 0 saturated carbocycles. The summed E-state index contributed by atoms with van der Waals surface area (Å²) in [4.78, 5) is 5.00. The number of anilines is 1. The van der Waals surface area contributed by atoms with Crippen LogP contribution in [-0.4, -0.2) is 43.9 Å². The second kappa shape index (κ2) is 6.82. The van der Waals surface area contributed by atoms with E-state index in [4.69, 9.17) is 0 Å². The van der Waals surface area contributed by atoms with Crippen LogP contribution in [0, 0.1) is 13.8 Å². The van der Waals surface area contributed by atoms with Crippen molar-refractivity contribution in [1.29, 1.82) is 0 Å². The van der Waals surface area contributed by atoms with Crippen LogP contribution in [0.3, 0.4) is 0 Å². The van der Waals surface area contributed by atoms with Crippen molar-refractivity contribution < 1.29 is 21.6 Å². The van der Waals surface area contributed by atoms with Gasteiger partial charge in [-0.25, -0.2) is 13.4 Å². The third-order valence-corrected chi connectivity index (χ3v) is 7.40. The third-order valence-electron chi connectivity index (χ3n) is 4.40. The average molecular weight is 405 g/mol. The molecule has 0 aliphatic carbocycles. The largest absolute Gasteiger partial charge is 0.427 e. The van der Waals surface area contributed by atoms with E-state index >= 15 is 0 Å². The first-order valence-corrected chi connectivity index (χ1v) is 10.2. The second-order valence-electron chi connectivity index (χ2n) is 6.14. The molecule has 0 bridgehead atoms. The molecule has 1 aromatic heterocycles. The lowest BCUT2D eigenvalue weighted by molar-refractivity contribution is -0.134. The lowest BCUT2D eigenvalue weighted by Gasteiger charge is -2.33. The topological polar surface area (TPSA) is 53.5 Å². The number of sulfonamides is 1. The van der Waals surface area contributed by atoms with Gasteiger partial charge in [-0.05, 0) is 37.1 Å². The molecule has 1 aliphatic rings. The van der Waals surface area contributed by atoms with Crippen LogP contribution in [0.4, 0.5) is 18.3 Å². The SMILES string of the molecule is Cc1ccc(S(=O)(=O)N2CCN(c3ncc(C(F)(F)F)s3)CC2)cc1C. The zero-order valence-electron chi connectivity index (χ0n) is 14.2. The highest BCUT2D eigenvalue weighted by Crippen LogP contribution is 2.36. The van der Waals surface area contributed by atoms with E-state index in [1.807, 2.05) is 13.8 Å². The van der Waals surface area contributed by atoms with Gasteiger partial charge in [-0.15, -0.1) is 0 Å². The van der Waals surface area contributed by atoms with Gasteiger partial charge in [0, 0.05) is 26.2 Å². The van der Waals surface area contributed by atoms with Crippen molar-refractivity contribution in [2.75, 3.05) is 31.1 Å². The Morgan fingerprint density at radius 1 is 1.08 bits per heavy atom. The smallest absolute Gasteiger partial charge is 0.345 e. The van der Waals surface area contributed by atoms with Gasteiger partial charge in [0.1, 0.15) is 4.88 Å². The minimum absolute atomic E-state index is 0.205. The van der Waals surface area contributed by atoms with Crippen molar-refractivity contribution >= 4 is 26.5 Å². The van der Waals surface area contributed by atoms with Crippen LogP contribution in [0.5, 0.6) is 0 Å². The summed E-state index contributed by atoms with van der Waals surface area (Å²) in [6, 6.07) is 5.00. The highest BCUT2D eigenvalue weighted by Gasteiger charge is 2.35. The van der Waals surface area contributed by atoms with E-state index in [0.717, 1.165) is 17.3 Å². The number of benzene rings is 1. The van der Waals surface area contributed by atoms with Crippen LogP contribution in [0.15, 0.2) is 29.3 Å². The molecule has 5 nitrogen and oxygen atoms in total. The van der Waals surface area contributed by atoms with Crippen molar-refractivity contribution in [3.63, 3.8) is 0 Å². The Kier molecular flexibility index (Phi) is 5.02. The summed E-state index contributed by atoms with van der Waals surface area (Å²) in [5.41, 5.74) is 1.91. The fourth-order valence-corrected chi connectivity index (χ4v) is 5.03. The zero-order chi connectivity index (χ0) is 19.1. The molecule has 0 atom stereocenters. The van der Waals surface area contributed by atoms with Gasteiger partial charge in [0.2, 0.25) is 10.0 Å². The number of hydrogen-bond acceptors (Lipinski definition) is 5. The molecule has 0 unspecified atom stereocenters. The van der Waals surface area contributed by atoms with Crippen molar-refractivity contribution in [2.45, 2.75) is 24.9 Å². The molecule has 0 N–H and O–H groups in total. The number of halogens is 3. The fraction of sp³-hybridized carbons (Fsp3) is 0.438. The van der Waals surface area contributed by atoms with E-state index in [-0.39, 0.29) is 23.1 Å². The van der Waals surface area contributed by atoms with Crippen LogP contribution >= 0.6 is 11.3 Å². The summed E-state index contributed by atoms with van der Waals surface area (Å²) in [7, 11) is -3.62. The van der Waals surface area contributed by atoms with E-state index in [0.29, 0.717) is 24.4 Å². The summed E-state index contributed by atoms with van der Waals surface area (Å²) < 4.78 is 65.0. The summed E-state index contributed by atoms with van der Waals surface area (Å²) in [6.07, 6.45) is -3.59. The van der Waals surface area contributed by atoms with Crippen LogP contribution in [0.25, 0.3) is 0 Å². The maximum atomic E-state index is 12.8. The van der Waals surface area contributed by atoms with Crippen LogP contribution in [0.1, 0.15) is 16.0 Å². The summed E-state index contributed by atoms with van der Waals surface area (Å²) in [5, 5.41) is 0.264. The molecular weight excluding hydrogens is 387 g/mol. The molecule has 0 amide bonds. The molecule has 2 aromatic rings. The van der Waals surface area contributed by atoms with Gasteiger partial charge in [-0.2, -0.15) is 17.5 Å². The first-order valence-electron chi connectivity index (χ1n) is 7.94. The van der Waals surface area contributed by atoms with Gasteiger partial charge >= 0.3 is 6.18 Å². The van der Waals surface area contributed by atoms with Gasteiger partial charge in [0.15, 0.2) is 5.13 Å². The second-order valence-corrected chi connectivity index (χ2v) is 9.09. The third kappa shape index (κ3) is 3.72. The Balaban J connectivity index is 1.71. The molecule has 10 heteroatoms. The fourth-order valence-electron chi connectivity index (χ4n) is 2.69. The summed E-state index contributed by atoms with van der Waals surface area (Å²) in [5.74, 6) is 0. The Morgan fingerprint density at radius 2 is 1.73 bits per heavy atom. The quantitative estimate of drug-likeness (QED) is 0.786. The Labute approximate surface area is 154 Å². The number of thiazole rings is 1. The highest BCUT2D eigenvalue weighted by molar-refractivity contribution is 7.89. The lowest BCUT2D eigenvalue weighted by Crippen LogP contribution is -2.48. The number of rotatable bonds is 3. The van der Waals surface area contributed by atoms with Gasteiger partial charge in [0.25, 0.3) is 0 Å². The van der Waals surface area contributed by atoms with Gasteiger partial charge in [0.05, 0.1) is 11.1 Å². The molecule has 142 valence electrons. The summed E-state index contributed by atoms with van der Waals surface area (Å²) in [6.45, 7) is 4.77. The number of hydrogen-bond donors (Lipinski definition) is 0. The van der Waals surface area contributed by atoms with Gasteiger partial charge in [-0.3, -0.25) is 0 Å². The predicted molar refractivity (Wildman–Crippen MR) is 94.0 cm³/mol. The molecule has 1 aliphatic heterocycles. The number of alkyl halides is 3. The number of piperazine rings is 1. The molecule has 3 rings (SSSR count). The number of aryl methyl sites for hydroxylation is 2. The molecule has 26 heavy (non-hydrogen) atoms. The van der Waals surface area contributed by atoms with Crippen LogP contribution < -0.4 is 4.90 Å². The normalized spacial score (nSPS) is 16.9. The predicted octanol–water partition coefficient (Wildman–Crippen LogP) is 3.29. The molecule has 0 spiro atoms. The Morgan fingerprint density at radius 3 is 2.27 bits per heavy atom. The highest BCUT2D eigenvalue weighted by atomic mass is 32.2. The molecular formula is C16H18F3N3O2S2. The minimum Gasteiger partial charge on any atom is -0.345 e. The molecule has 1 aromatic carbocycles. The van der Waals surface area contributed by atoms with Crippen molar-refractivity contribution in [3.05, 3.63) is 40.4 Å². The molecule has 1 fully saturated rings. The lowest BCUT2D eigenvalue weighted by atomic mass is 10.1. The minimum atomic E-state index is -4.41. The first-order chi connectivity index (χ1) is 12.1. The van der Waals surface area contributed by atoms with E-state index in [1.54, 1.807) is 23.1 Å². The van der Waals surface area contributed by atoms with E-state index in [1.165, 1.54) is 4.31 Å². The Hall–Kier alpha value is -1.65. The van der Waals surface area contributed by atoms with Crippen molar-refractivity contribution in [2.24, 2.45) is 0 Å². The summed E-state index contributed by atoms with van der Waals surface area (Å²) >= 11 is 0.577. The van der Waals surface area contributed by atoms with E-state index in [9.17, 15) is 21.6 Å². The average Bonchev–Trinajstić information content (AvgIpc) is 3.08.